The summed E-state index contributed by atoms with van der Waals surface area (Å²) < 4.78 is 2.09. The Kier molecular flexibility index (Phi) is 3.37. The molecule has 1 aliphatic rings. The van der Waals surface area contributed by atoms with E-state index in [4.69, 9.17) is 5.73 Å². The average Bonchev–Trinajstić information content (AvgIpc) is 2.97. The van der Waals surface area contributed by atoms with Gasteiger partial charge in [0.15, 0.2) is 0 Å². The summed E-state index contributed by atoms with van der Waals surface area (Å²) in [4.78, 5) is 8.37. The van der Waals surface area contributed by atoms with Crippen LogP contribution in [-0.4, -0.2) is 21.9 Å². The maximum atomic E-state index is 5.79. The number of aliphatic imine (C=N–C) groups is 1. The maximum Gasteiger partial charge on any atom is 0.0968 e. The Labute approximate surface area is 90.2 Å². The SMILES string of the molecule is NC(=NCCCCn1ccnc1)C1CC1. The van der Waals surface area contributed by atoms with Gasteiger partial charge < -0.3 is 10.3 Å². The van der Waals surface area contributed by atoms with E-state index in [1.165, 1.54) is 12.8 Å². The fourth-order valence-electron chi connectivity index (χ4n) is 1.54. The standard InChI is InChI=1S/C11H18N4/c12-11(10-3-4-10)14-5-1-2-7-15-8-6-13-9-15/h6,8-10H,1-5,7H2,(H2,12,14). The van der Waals surface area contributed by atoms with Crippen LogP contribution >= 0.6 is 0 Å². The topological polar surface area (TPSA) is 56.2 Å². The fourth-order valence-corrected chi connectivity index (χ4v) is 1.54. The van der Waals surface area contributed by atoms with Gasteiger partial charge in [-0.1, -0.05) is 0 Å². The highest BCUT2D eigenvalue weighted by Gasteiger charge is 2.24. The van der Waals surface area contributed by atoms with Crippen LogP contribution in [0.2, 0.25) is 0 Å². The van der Waals surface area contributed by atoms with Crippen molar-refractivity contribution < 1.29 is 0 Å². The number of aromatic nitrogens is 2. The van der Waals surface area contributed by atoms with Gasteiger partial charge in [0.2, 0.25) is 0 Å². The second kappa shape index (κ2) is 4.96. The molecule has 0 unspecified atom stereocenters. The van der Waals surface area contributed by atoms with E-state index in [0.29, 0.717) is 5.92 Å². The number of imidazole rings is 1. The van der Waals surface area contributed by atoms with Gasteiger partial charge in [-0.05, 0) is 25.7 Å². The van der Waals surface area contributed by atoms with Crippen molar-refractivity contribution in [2.45, 2.75) is 32.2 Å². The molecule has 82 valence electrons. The predicted octanol–water partition coefficient (Wildman–Crippen LogP) is 1.43. The molecule has 1 aromatic rings. The van der Waals surface area contributed by atoms with Crippen molar-refractivity contribution in [3.05, 3.63) is 18.7 Å². The van der Waals surface area contributed by atoms with Crippen LogP contribution in [0.25, 0.3) is 0 Å². The molecule has 0 spiro atoms. The molecular weight excluding hydrogens is 188 g/mol. The lowest BCUT2D eigenvalue weighted by atomic mass is 10.3. The Balaban J connectivity index is 1.57. The zero-order valence-corrected chi connectivity index (χ0v) is 8.97. The minimum absolute atomic E-state index is 0.610. The molecule has 0 amide bonds. The van der Waals surface area contributed by atoms with Crippen molar-refractivity contribution in [1.29, 1.82) is 0 Å². The molecule has 1 aliphatic carbocycles. The van der Waals surface area contributed by atoms with Gasteiger partial charge in [0.1, 0.15) is 0 Å². The second-order valence-corrected chi connectivity index (χ2v) is 4.09. The van der Waals surface area contributed by atoms with Gasteiger partial charge in [-0.2, -0.15) is 0 Å². The molecular formula is C11H18N4. The number of amidine groups is 1. The number of hydrogen-bond donors (Lipinski definition) is 1. The molecule has 0 radical (unpaired) electrons. The smallest absolute Gasteiger partial charge is 0.0968 e. The molecule has 15 heavy (non-hydrogen) atoms. The number of rotatable bonds is 6. The summed E-state index contributed by atoms with van der Waals surface area (Å²) in [5.74, 6) is 1.48. The summed E-state index contributed by atoms with van der Waals surface area (Å²) in [5.41, 5.74) is 5.79. The highest BCUT2D eigenvalue weighted by atomic mass is 15.0. The van der Waals surface area contributed by atoms with Gasteiger partial charge in [-0.25, -0.2) is 4.98 Å². The Bertz CT molecular complexity index is 311. The molecule has 2 N–H and O–H groups in total. The van der Waals surface area contributed by atoms with Crippen LogP contribution in [0, 0.1) is 5.92 Å². The molecule has 0 aliphatic heterocycles. The number of nitrogens with zero attached hydrogens (tertiary/aromatic N) is 3. The largest absolute Gasteiger partial charge is 0.387 e. The van der Waals surface area contributed by atoms with E-state index < -0.39 is 0 Å². The van der Waals surface area contributed by atoms with E-state index in [1.807, 2.05) is 18.7 Å². The average molecular weight is 206 g/mol. The van der Waals surface area contributed by atoms with E-state index in [9.17, 15) is 0 Å². The fraction of sp³-hybridized carbons (Fsp3) is 0.636. The monoisotopic (exact) mass is 206 g/mol. The third-order valence-electron chi connectivity index (χ3n) is 2.67. The van der Waals surface area contributed by atoms with Crippen molar-refractivity contribution in [3.8, 4) is 0 Å². The first kappa shape index (κ1) is 10.2. The molecule has 1 saturated carbocycles. The predicted molar refractivity (Wildman–Crippen MR) is 60.7 cm³/mol. The van der Waals surface area contributed by atoms with Crippen LogP contribution in [0.4, 0.5) is 0 Å². The van der Waals surface area contributed by atoms with E-state index >= 15 is 0 Å². The van der Waals surface area contributed by atoms with Crippen LogP contribution in [0.3, 0.4) is 0 Å². The summed E-state index contributed by atoms with van der Waals surface area (Å²) in [6.07, 6.45) is 10.4. The van der Waals surface area contributed by atoms with E-state index in [0.717, 1.165) is 31.8 Å². The van der Waals surface area contributed by atoms with Crippen molar-refractivity contribution in [2.75, 3.05) is 6.54 Å². The number of unbranched alkanes of at least 4 members (excludes halogenated alkanes) is 1. The Morgan fingerprint density at radius 2 is 2.33 bits per heavy atom. The Morgan fingerprint density at radius 3 is 3.00 bits per heavy atom. The van der Waals surface area contributed by atoms with Gasteiger partial charge in [0.25, 0.3) is 0 Å². The highest BCUT2D eigenvalue weighted by Crippen LogP contribution is 2.28. The Morgan fingerprint density at radius 1 is 1.47 bits per heavy atom. The van der Waals surface area contributed by atoms with Crippen molar-refractivity contribution in [3.63, 3.8) is 0 Å². The molecule has 1 heterocycles. The van der Waals surface area contributed by atoms with Crippen molar-refractivity contribution in [1.82, 2.24) is 9.55 Å². The lowest BCUT2D eigenvalue weighted by Gasteiger charge is -2.01. The first-order valence-corrected chi connectivity index (χ1v) is 5.62. The highest BCUT2D eigenvalue weighted by molar-refractivity contribution is 5.84. The summed E-state index contributed by atoms with van der Waals surface area (Å²) in [6, 6.07) is 0. The quantitative estimate of drug-likeness (QED) is 0.435. The second-order valence-electron chi connectivity index (χ2n) is 4.09. The van der Waals surface area contributed by atoms with Crippen molar-refractivity contribution in [2.24, 2.45) is 16.6 Å². The van der Waals surface area contributed by atoms with Crippen LogP contribution in [0.5, 0.6) is 0 Å². The number of nitrogens with two attached hydrogens (primary N) is 1. The lowest BCUT2D eigenvalue weighted by molar-refractivity contribution is 0.614. The molecule has 0 atom stereocenters. The molecule has 1 fully saturated rings. The minimum Gasteiger partial charge on any atom is -0.387 e. The Hall–Kier alpha value is -1.32. The molecule has 0 saturated heterocycles. The zero-order chi connectivity index (χ0) is 10.5. The number of aryl methyl sites for hydroxylation is 1. The summed E-state index contributed by atoms with van der Waals surface area (Å²) in [5, 5.41) is 0. The van der Waals surface area contributed by atoms with Crippen LogP contribution in [0.15, 0.2) is 23.7 Å². The molecule has 4 nitrogen and oxygen atoms in total. The summed E-state index contributed by atoms with van der Waals surface area (Å²) in [7, 11) is 0. The van der Waals surface area contributed by atoms with Crippen LogP contribution in [-0.2, 0) is 6.54 Å². The van der Waals surface area contributed by atoms with Crippen LogP contribution in [0.1, 0.15) is 25.7 Å². The minimum atomic E-state index is 0.610. The molecule has 0 bridgehead atoms. The van der Waals surface area contributed by atoms with E-state index in [2.05, 4.69) is 14.5 Å². The first-order valence-electron chi connectivity index (χ1n) is 5.62. The van der Waals surface area contributed by atoms with Crippen LogP contribution < -0.4 is 5.73 Å². The first-order chi connectivity index (χ1) is 7.36. The lowest BCUT2D eigenvalue weighted by Crippen LogP contribution is -2.14. The molecule has 0 aromatic carbocycles. The van der Waals surface area contributed by atoms with Gasteiger partial charge in [0, 0.05) is 31.4 Å². The van der Waals surface area contributed by atoms with E-state index in [1.54, 1.807) is 0 Å². The van der Waals surface area contributed by atoms with Gasteiger partial charge in [-0.3, -0.25) is 4.99 Å². The normalized spacial score (nSPS) is 16.9. The van der Waals surface area contributed by atoms with Gasteiger partial charge >= 0.3 is 0 Å². The van der Waals surface area contributed by atoms with Gasteiger partial charge in [0.05, 0.1) is 12.2 Å². The summed E-state index contributed by atoms with van der Waals surface area (Å²) >= 11 is 0. The van der Waals surface area contributed by atoms with E-state index in [-0.39, 0.29) is 0 Å². The zero-order valence-electron chi connectivity index (χ0n) is 8.97. The third-order valence-corrected chi connectivity index (χ3v) is 2.67. The third kappa shape index (κ3) is 3.38. The maximum absolute atomic E-state index is 5.79. The number of hydrogen-bond acceptors (Lipinski definition) is 2. The molecule has 1 aromatic heterocycles. The van der Waals surface area contributed by atoms with Gasteiger partial charge in [-0.15, -0.1) is 0 Å². The molecule has 4 heteroatoms. The molecule has 2 rings (SSSR count). The summed E-state index contributed by atoms with van der Waals surface area (Å²) in [6.45, 7) is 1.90. The van der Waals surface area contributed by atoms with Crippen molar-refractivity contribution >= 4 is 5.84 Å².